The predicted molar refractivity (Wildman–Crippen MR) is 79.7 cm³/mol. The number of rotatable bonds is 9. The quantitative estimate of drug-likeness (QED) is 0.628. The van der Waals surface area contributed by atoms with Crippen molar-refractivity contribution >= 4 is 5.91 Å². The van der Waals surface area contributed by atoms with Gasteiger partial charge in [-0.3, -0.25) is 4.79 Å². The van der Waals surface area contributed by atoms with Gasteiger partial charge in [0.2, 0.25) is 5.91 Å². The molecule has 0 radical (unpaired) electrons. The second-order valence-electron chi connectivity index (χ2n) is 5.76. The molecule has 0 aromatic heterocycles. The molecule has 0 aliphatic heterocycles. The van der Waals surface area contributed by atoms with Crippen LogP contribution < -0.4 is 10.6 Å². The highest BCUT2D eigenvalue weighted by molar-refractivity contribution is 5.81. The number of amides is 1. The molecule has 20 heavy (non-hydrogen) atoms. The maximum absolute atomic E-state index is 11.9. The van der Waals surface area contributed by atoms with E-state index in [0.29, 0.717) is 25.3 Å². The fourth-order valence-electron chi connectivity index (χ4n) is 2.82. The number of hydrogen-bond donors (Lipinski definition) is 2. The van der Waals surface area contributed by atoms with Crippen LogP contribution in [0, 0.1) is 5.41 Å². The van der Waals surface area contributed by atoms with E-state index in [-0.39, 0.29) is 17.4 Å². The molecule has 1 fully saturated rings. The van der Waals surface area contributed by atoms with Crippen LogP contribution in [0.15, 0.2) is 0 Å². The van der Waals surface area contributed by atoms with Crippen LogP contribution in [0.1, 0.15) is 40.5 Å². The Bertz CT molecular complexity index is 311. The average Bonchev–Trinajstić information content (AvgIpc) is 2.45. The van der Waals surface area contributed by atoms with E-state index in [1.54, 1.807) is 7.11 Å². The number of ether oxygens (including phenoxy) is 2. The number of carbonyl (C=O) groups excluding carboxylic acids is 1. The van der Waals surface area contributed by atoms with Gasteiger partial charge in [0.25, 0.3) is 0 Å². The number of nitrogens with one attached hydrogen (secondary N) is 2. The van der Waals surface area contributed by atoms with Gasteiger partial charge in [-0.15, -0.1) is 0 Å². The lowest BCUT2D eigenvalue weighted by molar-refractivity contribution is -0.135. The van der Waals surface area contributed by atoms with Crippen molar-refractivity contribution in [1.29, 1.82) is 0 Å². The summed E-state index contributed by atoms with van der Waals surface area (Å²) in [6.45, 7) is 10.2. The molecule has 0 heterocycles. The third kappa shape index (κ3) is 3.93. The number of carbonyl (C=O) groups is 1. The molecule has 2 N–H and O–H groups in total. The Morgan fingerprint density at radius 2 is 2.15 bits per heavy atom. The highest BCUT2D eigenvalue weighted by atomic mass is 16.5. The Morgan fingerprint density at radius 3 is 2.70 bits per heavy atom. The Morgan fingerprint density at radius 1 is 1.45 bits per heavy atom. The van der Waals surface area contributed by atoms with Crippen LogP contribution in [0.4, 0.5) is 0 Å². The molecule has 118 valence electrons. The summed E-state index contributed by atoms with van der Waals surface area (Å²) < 4.78 is 10.7. The molecule has 1 saturated carbocycles. The molecule has 4 unspecified atom stereocenters. The van der Waals surface area contributed by atoms with Gasteiger partial charge in [-0.25, -0.2) is 0 Å². The molecule has 4 atom stereocenters. The molecule has 1 aliphatic carbocycles. The van der Waals surface area contributed by atoms with E-state index < -0.39 is 0 Å². The van der Waals surface area contributed by atoms with Gasteiger partial charge in [0.15, 0.2) is 0 Å². The molecule has 1 amide bonds. The fourth-order valence-corrected chi connectivity index (χ4v) is 2.82. The van der Waals surface area contributed by atoms with Crippen molar-refractivity contribution in [3.8, 4) is 0 Å². The zero-order chi connectivity index (χ0) is 15.2. The Hall–Kier alpha value is -0.650. The van der Waals surface area contributed by atoms with Crippen molar-refractivity contribution in [3.05, 3.63) is 0 Å². The zero-order valence-corrected chi connectivity index (χ0v) is 13.5. The fraction of sp³-hybridized carbons (Fsp3) is 0.933. The highest BCUT2D eigenvalue weighted by Crippen LogP contribution is 2.46. The van der Waals surface area contributed by atoms with Crippen molar-refractivity contribution in [2.45, 2.75) is 58.7 Å². The van der Waals surface area contributed by atoms with Crippen LogP contribution in [0.25, 0.3) is 0 Å². The summed E-state index contributed by atoms with van der Waals surface area (Å²) in [5.41, 5.74) is 0.122. The third-order valence-electron chi connectivity index (χ3n) is 4.56. The van der Waals surface area contributed by atoms with Crippen molar-refractivity contribution in [2.24, 2.45) is 5.41 Å². The first-order chi connectivity index (χ1) is 9.49. The third-order valence-corrected chi connectivity index (χ3v) is 4.56. The van der Waals surface area contributed by atoms with Crippen LogP contribution in [0.3, 0.4) is 0 Å². The van der Waals surface area contributed by atoms with Gasteiger partial charge in [-0.1, -0.05) is 13.8 Å². The molecule has 0 saturated heterocycles. The van der Waals surface area contributed by atoms with Gasteiger partial charge in [-0.05, 0) is 26.7 Å². The number of methoxy groups -OCH3 is 1. The van der Waals surface area contributed by atoms with Crippen LogP contribution in [0.2, 0.25) is 0 Å². The normalized spacial score (nSPS) is 30.6. The number of hydrogen-bond acceptors (Lipinski definition) is 4. The molecule has 0 bridgehead atoms. The van der Waals surface area contributed by atoms with E-state index in [4.69, 9.17) is 9.47 Å². The second-order valence-corrected chi connectivity index (χ2v) is 5.76. The Labute approximate surface area is 122 Å². The molecule has 1 rings (SSSR count). The van der Waals surface area contributed by atoms with E-state index in [2.05, 4.69) is 24.5 Å². The summed E-state index contributed by atoms with van der Waals surface area (Å²) in [6.07, 6.45) is 2.33. The summed E-state index contributed by atoms with van der Waals surface area (Å²) in [7, 11) is 1.63. The molecule has 0 aromatic carbocycles. The minimum Gasteiger partial charge on any atom is -0.383 e. The summed E-state index contributed by atoms with van der Waals surface area (Å²) >= 11 is 0. The lowest BCUT2D eigenvalue weighted by Gasteiger charge is -2.54. The van der Waals surface area contributed by atoms with E-state index in [1.807, 2.05) is 13.8 Å². The van der Waals surface area contributed by atoms with Crippen molar-refractivity contribution in [3.63, 3.8) is 0 Å². The monoisotopic (exact) mass is 286 g/mol. The smallest absolute Gasteiger partial charge is 0.236 e. The van der Waals surface area contributed by atoms with Crippen LogP contribution in [-0.2, 0) is 14.3 Å². The molecular weight excluding hydrogens is 256 g/mol. The summed E-state index contributed by atoms with van der Waals surface area (Å²) in [4.78, 5) is 11.9. The highest BCUT2D eigenvalue weighted by Gasteiger charge is 2.51. The topological polar surface area (TPSA) is 59.6 Å². The summed E-state index contributed by atoms with van der Waals surface area (Å²) in [6, 6.07) is 0.150. The molecular formula is C15H30N2O3. The van der Waals surface area contributed by atoms with Crippen LogP contribution in [0.5, 0.6) is 0 Å². The van der Waals surface area contributed by atoms with Crippen LogP contribution in [-0.4, -0.2) is 51.0 Å². The first kappa shape index (κ1) is 17.4. The molecule has 0 spiro atoms. The average molecular weight is 286 g/mol. The van der Waals surface area contributed by atoms with Gasteiger partial charge in [0.1, 0.15) is 0 Å². The minimum absolute atomic E-state index is 0.0281. The van der Waals surface area contributed by atoms with E-state index in [1.165, 1.54) is 0 Å². The Kier molecular flexibility index (Phi) is 6.92. The largest absolute Gasteiger partial charge is 0.383 e. The van der Waals surface area contributed by atoms with Crippen molar-refractivity contribution < 1.29 is 14.3 Å². The second kappa shape index (κ2) is 7.96. The van der Waals surface area contributed by atoms with Crippen molar-refractivity contribution in [1.82, 2.24) is 10.6 Å². The van der Waals surface area contributed by atoms with Gasteiger partial charge in [-0.2, -0.15) is 0 Å². The lowest BCUT2D eigenvalue weighted by atomic mass is 9.61. The summed E-state index contributed by atoms with van der Waals surface area (Å²) in [5.74, 6) is 0.0281. The maximum atomic E-state index is 11.9. The first-order valence-electron chi connectivity index (χ1n) is 7.63. The summed E-state index contributed by atoms with van der Waals surface area (Å²) in [5, 5.41) is 6.30. The zero-order valence-electron chi connectivity index (χ0n) is 13.5. The molecule has 5 heteroatoms. The SMILES string of the molecule is CCOC1CC(NC(C)C(=O)NCCOC)C1(C)CC. The molecule has 5 nitrogen and oxygen atoms in total. The van der Waals surface area contributed by atoms with Gasteiger partial charge < -0.3 is 20.1 Å². The molecule has 1 aliphatic rings. The standard InChI is InChI=1S/C15H30N2O3/c1-6-15(4)12(10-13(15)20-7-2)17-11(3)14(18)16-8-9-19-5/h11-13,17H,6-10H2,1-5H3,(H,16,18). The van der Waals surface area contributed by atoms with E-state index in [0.717, 1.165) is 19.4 Å². The minimum atomic E-state index is -0.190. The first-order valence-corrected chi connectivity index (χ1v) is 7.63. The van der Waals surface area contributed by atoms with E-state index in [9.17, 15) is 4.79 Å². The predicted octanol–water partition coefficient (Wildman–Crippen LogP) is 1.32. The maximum Gasteiger partial charge on any atom is 0.236 e. The van der Waals surface area contributed by atoms with E-state index >= 15 is 0 Å². The lowest BCUT2D eigenvalue weighted by Crippen LogP contribution is -2.65. The van der Waals surface area contributed by atoms with Crippen LogP contribution >= 0.6 is 0 Å². The van der Waals surface area contributed by atoms with Gasteiger partial charge >= 0.3 is 0 Å². The Balaban J connectivity index is 2.42. The molecule has 0 aromatic rings. The van der Waals surface area contributed by atoms with Gasteiger partial charge in [0, 0.05) is 31.7 Å². The van der Waals surface area contributed by atoms with Gasteiger partial charge in [0.05, 0.1) is 18.8 Å². The van der Waals surface area contributed by atoms with Crippen molar-refractivity contribution in [2.75, 3.05) is 26.9 Å².